The van der Waals surface area contributed by atoms with Crippen molar-refractivity contribution in [1.29, 1.82) is 0 Å². The predicted molar refractivity (Wildman–Crippen MR) is 70.9 cm³/mol. The lowest BCUT2D eigenvalue weighted by Gasteiger charge is -2.36. The second-order valence-electron chi connectivity index (χ2n) is 5.64. The Bertz CT molecular complexity index is 171. The molecule has 0 aliphatic carbocycles. The minimum absolute atomic E-state index is 0.330. The molecule has 0 N–H and O–H groups in total. The van der Waals surface area contributed by atoms with E-state index in [1.165, 1.54) is 0 Å². The molecule has 15 heavy (non-hydrogen) atoms. The topological polar surface area (TPSA) is 12.5 Å². The first-order valence-electron chi connectivity index (χ1n) is 6.11. The zero-order valence-corrected chi connectivity index (χ0v) is 12.7. The molecule has 0 fully saturated rings. The Morgan fingerprint density at radius 3 is 1.87 bits per heavy atom. The lowest BCUT2D eigenvalue weighted by Crippen LogP contribution is -2.42. The van der Waals surface area contributed by atoms with Crippen LogP contribution in [0.5, 0.6) is 0 Å². The van der Waals surface area contributed by atoms with Crippen LogP contribution in [0.2, 0.25) is 18.1 Å². The van der Waals surface area contributed by atoms with Crippen molar-refractivity contribution in [3.8, 4) is 0 Å². The van der Waals surface area contributed by atoms with Crippen LogP contribution in [0.15, 0.2) is 0 Å². The minimum atomic E-state index is -1.52. The normalized spacial score (nSPS) is 13.6. The van der Waals surface area contributed by atoms with Crippen molar-refractivity contribution in [2.24, 2.45) is 0 Å². The molecule has 0 aromatic rings. The van der Waals surface area contributed by atoms with Crippen LogP contribution >= 0.6 is 0 Å². The minimum Gasteiger partial charge on any atom is -0.416 e. The van der Waals surface area contributed by atoms with E-state index in [0.717, 1.165) is 26.2 Å². The zero-order chi connectivity index (χ0) is 12.1. The van der Waals surface area contributed by atoms with Gasteiger partial charge in [0.05, 0.1) is 0 Å². The van der Waals surface area contributed by atoms with Crippen LogP contribution in [-0.4, -0.2) is 39.5 Å². The van der Waals surface area contributed by atoms with Gasteiger partial charge in [0, 0.05) is 13.2 Å². The lowest BCUT2D eigenvalue weighted by molar-refractivity contribution is 0.210. The summed E-state index contributed by atoms with van der Waals surface area (Å²) in [5.74, 6) is 0. The van der Waals surface area contributed by atoms with E-state index in [9.17, 15) is 0 Å². The molecule has 0 amide bonds. The fraction of sp³-hybridized carbons (Fsp3) is 1.00. The molecule has 0 saturated carbocycles. The van der Waals surface area contributed by atoms with Gasteiger partial charge < -0.3 is 9.33 Å². The number of hydrogen-bond donors (Lipinski definition) is 0. The van der Waals surface area contributed by atoms with Crippen molar-refractivity contribution < 1.29 is 4.43 Å². The van der Waals surface area contributed by atoms with Gasteiger partial charge in [-0.05, 0) is 31.2 Å². The first-order valence-corrected chi connectivity index (χ1v) is 9.01. The summed E-state index contributed by atoms with van der Waals surface area (Å²) in [7, 11) is -1.52. The fourth-order valence-corrected chi connectivity index (χ4v) is 2.22. The van der Waals surface area contributed by atoms with Crippen LogP contribution in [0.1, 0.15) is 34.6 Å². The summed E-state index contributed by atoms with van der Waals surface area (Å²) < 4.78 is 6.13. The second kappa shape index (κ2) is 6.02. The molecule has 92 valence electrons. The first-order chi connectivity index (χ1) is 6.74. The van der Waals surface area contributed by atoms with Gasteiger partial charge in [-0.1, -0.05) is 34.6 Å². The number of likely N-dealkylation sites (N-methyl/N-ethyl adjacent to an activating group) is 1. The van der Waals surface area contributed by atoms with Gasteiger partial charge >= 0.3 is 0 Å². The van der Waals surface area contributed by atoms with Crippen molar-refractivity contribution in [2.45, 2.75) is 52.8 Å². The molecule has 0 saturated heterocycles. The highest BCUT2D eigenvalue weighted by atomic mass is 28.4. The standard InChI is InChI=1S/C12H29NOSi/c1-8-13(9-2)10-11-14-15(6,7)12(3,4)5/h8-11H2,1-7H3. The quantitative estimate of drug-likeness (QED) is 0.650. The summed E-state index contributed by atoms with van der Waals surface area (Å²) in [6.07, 6.45) is 0. The number of nitrogens with zero attached hydrogens (tertiary/aromatic N) is 1. The van der Waals surface area contributed by atoms with Gasteiger partial charge in [0.2, 0.25) is 0 Å². The Morgan fingerprint density at radius 2 is 1.53 bits per heavy atom. The zero-order valence-electron chi connectivity index (χ0n) is 11.7. The Balaban J connectivity index is 3.95. The molecule has 0 heterocycles. The van der Waals surface area contributed by atoms with E-state index >= 15 is 0 Å². The highest BCUT2D eigenvalue weighted by molar-refractivity contribution is 6.74. The first kappa shape index (κ1) is 15.1. The summed E-state index contributed by atoms with van der Waals surface area (Å²) in [4.78, 5) is 2.41. The molecule has 0 aromatic carbocycles. The van der Waals surface area contributed by atoms with Gasteiger partial charge in [0.15, 0.2) is 8.32 Å². The molecule has 0 aliphatic rings. The maximum Gasteiger partial charge on any atom is 0.192 e. The number of hydrogen-bond acceptors (Lipinski definition) is 2. The van der Waals surface area contributed by atoms with Gasteiger partial charge in [-0.2, -0.15) is 0 Å². The summed E-state index contributed by atoms with van der Waals surface area (Å²) >= 11 is 0. The molecule has 3 heteroatoms. The third-order valence-electron chi connectivity index (χ3n) is 3.57. The molecule has 0 rings (SSSR count). The van der Waals surface area contributed by atoms with E-state index in [2.05, 4.69) is 52.6 Å². The van der Waals surface area contributed by atoms with Crippen LogP contribution in [0.3, 0.4) is 0 Å². The van der Waals surface area contributed by atoms with Crippen molar-refractivity contribution in [3.05, 3.63) is 0 Å². The van der Waals surface area contributed by atoms with Crippen molar-refractivity contribution in [3.63, 3.8) is 0 Å². The Hall–Kier alpha value is 0.137. The van der Waals surface area contributed by atoms with Crippen molar-refractivity contribution in [2.75, 3.05) is 26.2 Å². The SMILES string of the molecule is CCN(CC)CCO[Si](C)(C)C(C)(C)C. The Labute approximate surface area is 97.1 Å². The van der Waals surface area contributed by atoms with E-state index in [1.54, 1.807) is 0 Å². The van der Waals surface area contributed by atoms with E-state index in [0.29, 0.717) is 5.04 Å². The van der Waals surface area contributed by atoms with Crippen LogP contribution in [-0.2, 0) is 4.43 Å². The van der Waals surface area contributed by atoms with Gasteiger partial charge in [0.25, 0.3) is 0 Å². The largest absolute Gasteiger partial charge is 0.416 e. The molecular formula is C12H29NOSi. The van der Waals surface area contributed by atoms with E-state index in [-0.39, 0.29) is 0 Å². The van der Waals surface area contributed by atoms with Crippen LogP contribution < -0.4 is 0 Å². The van der Waals surface area contributed by atoms with Gasteiger partial charge in [-0.25, -0.2) is 0 Å². The molecule has 0 radical (unpaired) electrons. The second-order valence-corrected chi connectivity index (χ2v) is 10.4. The summed E-state index contributed by atoms with van der Waals surface area (Å²) in [5, 5.41) is 0.330. The van der Waals surface area contributed by atoms with Gasteiger partial charge in [-0.15, -0.1) is 0 Å². The molecule has 2 nitrogen and oxygen atoms in total. The highest BCUT2D eigenvalue weighted by Gasteiger charge is 2.36. The monoisotopic (exact) mass is 231 g/mol. The molecule has 0 bridgehead atoms. The molecule has 0 atom stereocenters. The highest BCUT2D eigenvalue weighted by Crippen LogP contribution is 2.36. The van der Waals surface area contributed by atoms with Crippen LogP contribution in [0.4, 0.5) is 0 Å². The average Bonchev–Trinajstić information content (AvgIpc) is 2.10. The summed E-state index contributed by atoms with van der Waals surface area (Å²) in [6, 6.07) is 0. The smallest absolute Gasteiger partial charge is 0.192 e. The lowest BCUT2D eigenvalue weighted by atomic mass is 10.2. The third-order valence-corrected chi connectivity index (χ3v) is 8.11. The molecular weight excluding hydrogens is 202 g/mol. The Morgan fingerprint density at radius 1 is 1.07 bits per heavy atom. The maximum absolute atomic E-state index is 6.13. The summed E-state index contributed by atoms with van der Waals surface area (Å²) in [6.45, 7) is 20.1. The summed E-state index contributed by atoms with van der Waals surface area (Å²) in [5.41, 5.74) is 0. The molecule has 0 unspecified atom stereocenters. The molecule has 0 spiro atoms. The van der Waals surface area contributed by atoms with Crippen molar-refractivity contribution >= 4 is 8.32 Å². The fourth-order valence-electron chi connectivity index (χ4n) is 1.19. The van der Waals surface area contributed by atoms with Gasteiger partial charge in [0.1, 0.15) is 0 Å². The number of rotatable bonds is 6. The van der Waals surface area contributed by atoms with Gasteiger partial charge in [-0.3, -0.25) is 0 Å². The maximum atomic E-state index is 6.13. The van der Waals surface area contributed by atoms with E-state index in [1.807, 2.05) is 0 Å². The predicted octanol–water partition coefficient (Wildman–Crippen LogP) is 3.35. The van der Waals surface area contributed by atoms with Crippen LogP contribution in [0, 0.1) is 0 Å². The van der Waals surface area contributed by atoms with Crippen molar-refractivity contribution in [1.82, 2.24) is 4.90 Å². The van der Waals surface area contributed by atoms with Crippen LogP contribution in [0.25, 0.3) is 0 Å². The molecule has 0 aromatic heterocycles. The van der Waals surface area contributed by atoms with E-state index in [4.69, 9.17) is 4.43 Å². The van der Waals surface area contributed by atoms with E-state index < -0.39 is 8.32 Å². The Kier molecular flexibility index (Phi) is 6.07. The third kappa shape index (κ3) is 5.14. The average molecular weight is 231 g/mol. The molecule has 0 aliphatic heterocycles.